The summed E-state index contributed by atoms with van der Waals surface area (Å²) in [6.07, 6.45) is -3.50. The molecule has 1 N–H and O–H groups in total. The summed E-state index contributed by atoms with van der Waals surface area (Å²) in [6, 6.07) is 6.41. The third kappa shape index (κ3) is 5.88. The van der Waals surface area contributed by atoms with Gasteiger partial charge in [-0.2, -0.15) is 18.3 Å². The second-order valence-electron chi connectivity index (χ2n) is 8.76. The highest BCUT2D eigenvalue weighted by Crippen LogP contribution is 2.28. The van der Waals surface area contributed by atoms with E-state index < -0.39 is 12.8 Å². The van der Waals surface area contributed by atoms with Crippen LogP contribution in [0.2, 0.25) is 0 Å². The van der Waals surface area contributed by atoms with Crippen LogP contribution in [0.25, 0.3) is 0 Å². The van der Waals surface area contributed by atoms with Crippen LogP contribution in [0.15, 0.2) is 24.3 Å². The highest BCUT2D eigenvalue weighted by molar-refractivity contribution is 5.92. The van der Waals surface area contributed by atoms with Gasteiger partial charge in [0.1, 0.15) is 31.2 Å². The van der Waals surface area contributed by atoms with Crippen LogP contribution >= 0.6 is 0 Å². The van der Waals surface area contributed by atoms with E-state index >= 15 is 0 Å². The van der Waals surface area contributed by atoms with Gasteiger partial charge in [-0.1, -0.05) is 6.07 Å². The predicted molar refractivity (Wildman–Crippen MR) is 114 cm³/mol. The van der Waals surface area contributed by atoms with Crippen LogP contribution in [-0.4, -0.2) is 73.1 Å². The lowest BCUT2D eigenvalue weighted by Crippen LogP contribution is -2.44. The summed E-state index contributed by atoms with van der Waals surface area (Å²) in [4.78, 5) is 12.9. The van der Waals surface area contributed by atoms with Gasteiger partial charge in [0.05, 0.1) is 32.5 Å². The number of aryl methyl sites for hydroxylation is 1. The molecule has 0 radical (unpaired) electrons. The largest absolute Gasteiger partial charge is 0.491 e. The van der Waals surface area contributed by atoms with Gasteiger partial charge in [-0.05, 0) is 29.7 Å². The van der Waals surface area contributed by atoms with Crippen molar-refractivity contribution in [2.45, 2.75) is 50.4 Å². The Labute approximate surface area is 199 Å². The number of halogens is 3. The molecule has 12 heteroatoms. The number of rotatable bonds is 6. The quantitative estimate of drug-likeness (QED) is 0.655. The number of carbonyl (C=O) groups is 1. The van der Waals surface area contributed by atoms with E-state index in [2.05, 4.69) is 10.4 Å². The van der Waals surface area contributed by atoms with Crippen molar-refractivity contribution in [3.05, 3.63) is 41.1 Å². The molecule has 0 bridgehead atoms. The van der Waals surface area contributed by atoms with Crippen molar-refractivity contribution in [2.24, 2.45) is 0 Å². The van der Waals surface area contributed by atoms with Gasteiger partial charge in [0.15, 0.2) is 5.69 Å². The van der Waals surface area contributed by atoms with Gasteiger partial charge in [0.2, 0.25) is 5.88 Å². The summed E-state index contributed by atoms with van der Waals surface area (Å²) >= 11 is 0. The molecule has 0 aliphatic carbocycles. The summed E-state index contributed by atoms with van der Waals surface area (Å²) in [7, 11) is 0. The fraction of sp³-hybridized carbons (Fsp3) is 0.565. The third-order valence-corrected chi connectivity index (χ3v) is 6.03. The summed E-state index contributed by atoms with van der Waals surface area (Å²) < 4.78 is 66.3. The third-order valence-electron chi connectivity index (χ3n) is 6.03. The number of fused-ring (bicyclic) bond motifs is 2. The second kappa shape index (κ2) is 10.0. The van der Waals surface area contributed by atoms with Crippen LogP contribution in [0, 0.1) is 0 Å². The molecule has 1 aromatic carbocycles. The van der Waals surface area contributed by atoms with Crippen LogP contribution in [-0.2, 0) is 33.8 Å². The number of hydrogen-bond acceptors (Lipinski definition) is 7. The summed E-state index contributed by atoms with van der Waals surface area (Å²) in [5, 5.41) is 7.29. The summed E-state index contributed by atoms with van der Waals surface area (Å²) in [5.74, 6) is 0.793. The van der Waals surface area contributed by atoms with Crippen LogP contribution in [0.3, 0.4) is 0 Å². The molecule has 3 aliphatic heterocycles. The Hall–Kier alpha value is -2.83. The fourth-order valence-corrected chi connectivity index (χ4v) is 4.39. The lowest BCUT2D eigenvalue weighted by Gasteiger charge is -2.33. The highest BCUT2D eigenvalue weighted by atomic mass is 19.4. The maximum atomic E-state index is 12.9. The Morgan fingerprint density at radius 2 is 2.09 bits per heavy atom. The first kappa shape index (κ1) is 23.9. The zero-order chi connectivity index (χ0) is 24.4. The molecule has 3 atom stereocenters. The SMILES string of the molecule is O=C(N[C@H]1COc2ccc(COCC(F)(F)F)cc2C1)c1cc2n(n1)CCC(C1COCCO1)O2. The molecule has 1 fully saturated rings. The molecular weight excluding hydrogens is 471 g/mol. The maximum Gasteiger partial charge on any atom is 0.411 e. The number of amides is 1. The molecule has 1 aromatic heterocycles. The van der Waals surface area contributed by atoms with Crippen molar-refractivity contribution in [3.63, 3.8) is 0 Å². The topological polar surface area (TPSA) is 93.1 Å². The number of carbonyl (C=O) groups excluding carboxylic acids is 1. The van der Waals surface area contributed by atoms with Gasteiger partial charge in [-0.15, -0.1) is 0 Å². The number of hydrogen-bond donors (Lipinski definition) is 1. The first-order valence-corrected chi connectivity index (χ1v) is 11.5. The molecule has 2 unspecified atom stereocenters. The Morgan fingerprint density at radius 1 is 1.20 bits per heavy atom. The van der Waals surface area contributed by atoms with Crippen molar-refractivity contribution in [1.29, 1.82) is 0 Å². The molecule has 2 aromatic rings. The molecular formula is C23H26F3N3O6. The number of nitrogens with zero attached hydrogens (tertiary/aromatic N) is 2. The molecule has 1 amide bonds. The minimum absolute atomic E-state index is 0.145. The number of alkyl halides is 3. The van der Waals surface area contributed by atoms with Crippen molar-refractivity contribution < 1.29 is 41.7 Å². The van der Waals surface area contributed by atoms with E-state index in [1.54, 1.807) is 28.9 Å². The normalized spacial score (nSPS) is 24.0. The van der Waals surface area contributed by atoms with E-state index in [0.29, 0.717) is 56.4 Å². The zero-order valence-electron chi connectivity index (χ0n) is 18.9. The van der Waals surface area contributed by atoms with Gasteiger partial charge in [-0.25, -0.2) is 4.68 Å². The van der Waals surface area contributed by atoms with E-state index in [1.807, 2.05) is 0 Å². The molecule has 190 valence electrons. The second-order valence-corrected chi connectivity index (χ2v) is 8.76. The van der Waals surface area contributed by atoms with Crippen molar-refractivity contribution in [2.75, 3.05) is 33.0 Å². The van der Waals surface area contributed by atoms with Crippen LogP contribution in [0.1, 0.15) is 28.0 Å². The van der Waals surface area contributed by atoms with E-state index in [4.69, 9.17) is 23.7 Å². The summed E-state index contributed by atoms with van der Waals surface area (Å²) in [6.45, 7) is 0.995. The lowest BCUT2D eigenvalue weighted by atomic mass is 10.0. The Bertz CT molecular complexity index is 1050. The predicted octanol–water partition coefficient (Wildman–Crippen LogP) is 2.26. The smallest absolute Gasteiger partial charge is 0.411 e. The minimum Gasteiger partial charge on any atom is -0.491 e. The average Bonchev–Trinajstić information content (AvgIpc) is 3.27. The van der Waals surface area contributed by atoms with Crippen molar-refractivity contribution >= 4 is 5.91 Å². The minimum atomic E-state index is -4.37. The first-order valence-electron chi connectivity index (χ1n) is 11.5. The van der Waals surface area contributed by atoms with Gasteiger partial charge in [-0.3, -0.25) is 4.79 Å². The monoisotopic (exact) mass is 497 g/mol. The number of aromatic nitrogens is 2. The van der Waals surface area contributed by atoms with E-state index in [-0.39, 0.29) is 43.1 Å². The van der Waals surface area contributed by atoms with E-state index in [9.17, 15) is 18.0 Å². The highest BCUT2D eigenvalue weighted by Gasteiger charge is 2.32. The number of ether oxygens (including phenoxy) is 5. The van der Waals surface area contributed by atoms with Gasteiger partial charge >= 0.3 is 6.18 Å². The van der Waals surface area contributed by atoms with E-state index in [1.165, 1.54) is 0 Å². The molecule has 0 spiro atoms. The van der Waals surface area contributed by atoms with E-state index in [0.717, 1.165) is 5.56 Å². The van der Waals surface area contributed by atoms with Gasteiger partial charge in [0, 0.05) is 19.0 Å². The molecule has 1 saturated heterocycles. The van der Waals surface area contributed by atoms with Gasteiger partial charge < -0.3 is 29.0 Å². The van der Waals surface area contributed by atoms with Crippen molar-refractivity contribution in [3.8, 4) is 11.6 Å². The van der Waals surface area contributed by atoms with Crippen LogP contribution in [0.4, 0.5) is 13.2 Å². The average molecular weight is 497 g/mol. The molecule has 35 heavy (non-hydrogen) atoms. The molecule has 9 nitrogen and oxygen atoms in total. The van der Waals surface area contributed by atoms with Crippen LogP contribution < -0.4 is 14.8 Å². The fourth-order valence-electron chi connectivity index (χ4n) is 4.39. The summed E-state index contributed by atoms with van der Waals surface area (Å²) in [5.41, 5.74) is 1.63. The number of nitrogens with one attached hydrogen (secondary N) is 1. The molecule has 4 heterocycles. The molecule has 5 rings (SSSR count). The Kier molecular flexibility index (Phi) is 6.85. The lowest BCUT2D eigenvalue weighted by molar-refractivity contribution is -0.176. The standard InChI is InChI=1S/C23H26F3N3O6/c24-23(25,26)13-32-10-14-1-2-18-15(7-14)8-16(11-34-18)27-22(30)17-9-21-29(28-17)4-3-19(35-21)20-12-31-5-6-33-20/h1-2,7,9,16,19-20H,3-6,8,10-13H2,(H,27,30)/t16-,19?,20?/m1/s1. The van der Waals surface area contributed by atoms with Crippen LogP contribution in [0.5, 0.6) is 11.6 Å². The molecule has 0 saturated carbocycles. The Morgan fingerprint density at radius 3 is 2.89 bits per heavy atom. The first-order chi connectivity index (χ1) is 16.8. The Balaban J connectivity index is 1.17. The number of benzene rings is 1. The maximum absolute atomic E-state index is 12.9. The van der Waals surface area contributed by atoms with Crippen molar-refractivity contribution in [1.82, 2.24) is 15.1 Å². The molecule has 3 aliphatic rings. The zero-order valence-corrected chi connectivity index (χ0v) is 18.9. The van der Waals surface area contributed by atoms with Gasteiger partial charge in [0.25, 0.3) is 5.91 Å².